The second kappa shape index (κ2) is 18.9. The topological polar surface area (TPSA) is 379 Å². The maximum absolute atomic E-state index is 11.9. The molecule has 0 amide bonds. The molecule has 2 aliphatic carbocycles. The van der Waals surface area contributed by atoms with Crippen molar-refractivity contribution in [1.29, 1.82) is 0 Å². The smallest absolute Gasteiger partial charge is 0.317 e. The van der Waals surface area contributed by atoms with E-state index in [1.165, 1.54) is 0 Å². The number of aliphatic hydroxyl groups excluding tert-OH is 10. The molecule has 5 aliphatic rings. The number of carboxylic acid groups (broad SMARTS) is 2. The predicted octanol–water partition coefficient (Wildman–Crippen LogP) is -6.66. The van der Waals surface area contributed by atoms with Crippen LogP contribution in [-0.4, -0.2) is 213 Å². The lowest BCUT2D eigenvalue weighted by molar-refractivity contribution is -0.368. The van der Waals surface area contributed by atoms with Crippen LogP contribution >= 0.6 is 0 Å². The monoisotopic (exact) mass is 815 g/mol. The van der Waals surface area contributed by atoms with Crippen LogP contribution in [0.5, 0.6) is 0 Å². The molecule has 56 heavy (non-hydrogen) atoms. The summed E-state index contributed by atoms with van der Waals surface area (Å²) in [7, 11) is 0. The number of hydrogen-bond donors (Lipinski definition) is 12. The molecule has 5 fully saturated rings. The van der Waals surface area contributed by atoms with Gasteiger partial charge in [-0.15, -0.1) is 0 Å². The second-order valence-electron chi connectivity index (χ2n) is 15.0. The number of carbonyl (C=O) groups is 4. The van der Waals surface area contributed by atoms with Crippen LogP contribution in [0.2, 0.25) is 0 Å². The molecule has 3 aliphatic heterocycles. The molecule has 18 atom stereocenters. The van der Waals surface area contributed by atoms with Crippen molar-refractivity contribution in [2.45, 2.75) is 155 Å². The third kappa shape index (κ3) is 10.5. The highest BCUT2D eigenvalue weighted by Crippen LogP contribution is 2.44. The molecule has 0 aromatic heterocycles. The van der Waals surface area contributed by atoms with Gasteiger partial charge < -0.3 is 94.4 Å². The molecular weight excluding hydrogens is 764 g/mol. The summed E-state index contributed by atoms with van der Waals surface area (Å²) in [6, 6.07) is 0. The predicted molar refractivity (Wildman–Crippen MR) is 173 cm³/mol. The van der Waals surface area contributed by atoms with Gasteiger partial charge in [-0.2, -0.15) is 0 Å². The first-order valence-electron chi connectivity index (χ1n) is 18.2. The van der Waals surface area contributed by atoms with Crippen LogP contribution in [-0.2, 0) is 47.6 Å². The Morgan fingerprint density at radius 1 is 0.554 bits per heavy atom. The van der Waals surface area contributed by atoms with E-state index >= 15 is 0 Å². The number of carboxylic acids is 2. The number of fused-ring (bicyclic) bond motifs is 1. The number of rotatable bonds is 13. The number of aliphatic carboxylic acids is 2. The van der Waals surface area contributed by atoms with E-state index in [0.29, 0.717) is 0 Å². The quantitative estimate of drug-likeness (QED) is 0.0467. The van der Waals surface area contributed by atoms with Crippen LogP contribution in [0.3, 0.4) is 0 Å². The molecule has 23 heteroatoms. The average Bonchev–Trinajstić information content (AvgIpc) is 3.12. The maximum atomic E-state index is 11.9. The van der Waals surface area contributed by atoms with Crippen LogP contribution < -0.4 is 0 Å². The van der Waals surface area contributed by atoms with E-state index in [1.807, 2.05) is 0 Å². The number of aliphatic hydroxyl groups is 12. The van der Waals surface area contributed by atoms with Gasteiger partial charge >= 0.3 is 23.9 Å². The Kier molecular flexibility index (Phi) is 15.0. The molecule has 0 spiro atoms. The van der Waals surface area contributed by atoms with Crippen molar-refractivity contribution in [3.05, 3.63) is 0 Å². The third-order valence-electron chi connectivity index (χ3n) is 11.0. The zero-order valence-corrected chi connectivity index (χ0v) is 29.8. The van der Waals surface area contributed by atoms with Gasteiger partial charge in [-0.3, -0.25) is 19.2 Å². The Bertz CT molecular complexity index is 1360. The molecule has 0 aromatic carbocycles. The summed E-state index contributed by atoms with van der Waals surface area (Å²) in [5.74, 6) is -6.66. The first-order chi connectivity index (χ1) is 26.3. The van der Waals surface area contributed by atoms with Gasteiger partial charge in [0.25, 0.3) is 0 Å². The van der Waals surface area contributed by atoms with Crippen molar-refractivity contribution in [3.63, 3.8) is 0 Å². The van der Waals surface area contributed by atoms with E-state index in [2.05, 4.69) is 0 Å². The number of ether oxygens (including phenoxy) is 7. The summed E-state index contributed by atoms with van der Waals surface area (Å²) < 4.78 is 38.4. The third-order valence-corrected chi connectivity index (χ3v) is 11.0. The minimum Gasteiger partial charge on any atom is -0.481 e. The fourth-order valence-electron chi connectivity index (χ4n) is 8.07. The molecule has 0 radical (unpaired) electrons. The summed E-state index contributed by atoms with van der Waals surface area (Å²) in [6.45, 7) is -1.46. The first-order valence-corrected chi connectivity index (χ1v) is 18.2. The number of hydrogen-bond acceptors (Lipinski definition) is 20. The van der Waals surface area contributed by atoms with E-state index in [0.717, 1.165) is 0 Å². The van der Waals surface area contributed by atoms with Gasteiger partial charge in [0.05, 0.1) is 30.3 Å². The van der Waals surface area contributed by atoms with E-state index in [-0.39, 0.29) is 32.1 Å². The Morgan fingerprint density at radius 2 is 1.02 bits per heavy atom. The van der Waals surface area contributed by atoms with Crippen LogP contribution in [0.1, 0.15) is 44.9 Å². The number of esters is 2. The Labute approximate surface area is 317 Å². The van der Waals surface area contributed by atoms with Crippen molar-refractivity contribution in [2.24, 2.45) is 11.8 Å². The lowest BCUT2D eigenvalue weighted by atomic mass is 9.72. The van der Waals surface area contributed by atoms with E-state index < -0.39 is 172 Å². The van der Waals surface area contributed by atoms with Gasteiger partial charge in [-0.1, -0.05) is 0 Å². The van der Waals surface area contributed by atoms with E-state index in [9.17, 15) is 70.2 Å². The van der Waals surface area contributed by atoms with Crippen LogP contribution in [0.25, 0.3) is 0 Å². The van der Waals surface area contributed by atoms with Crippen LogP contribution in [0, 0.1) is 11.8 Å². The fourth-order valence-corrected chi connectivity index (χ4v) is 8.07. The Balaban J connectivity index is 1.36. The summed E-state index contributed by atoms with van der Waals surface area (Å²) >= 11 is 0. The van der Waals surface area contributed by atoms with Gasteiger partial charge in [0.2, 0.25) is 0 Å². The van der Waals surface area contributed by atoms with Crippen molar-refractivity contribution in [2.75, 3.05) is 13.2 Å². The number of carbonyl (C=O) groups excluding carboxylic acids is 2. The standard InChI is InChI=1S/C33H50O23/c34-11-3-15-12(16(4-11)53-32-29(48)27(46)25(44)18(55-32)8-50-22(41)6-20(37)38)5-17(31(52-15)10-1-13(35)24(43)14(36)2-10)54-33-30(49)28(47)26(45)19(56-33)9-51-23(42)7-21(39)40/h10-19,24-36,43-49H,1-9H2,(H,37,38)(H,39,40)/p+1/t10?,11?,12?,13?,14?,15?,16?,17?,18-,19-,24?,25-,26-,27+,28+,29-,30-,31?,32-,33-/m1/s1. The lowest BCUT2D eigenvalue weighted by Crippen LogP contribution is -2.64. The molecule has 23 nitrogen and oxygen atoms in total. The summed E-state index contributed by atoms with van der Waals surface area (Å²) in [5.41, 5.74) is 0. The average molecular weight is 816 g/mol. The van der Waals surface area contributed by atoms with Gasteiger partial charge in [0.15, 0.2) is 24.8 Å². The zero-order valence-electron chi connectivity index (χ0n) is 29.8. The van der Waals surface area contributed by atoms with E-state index in [4.69, 9.17) is 43.4 Å². The summed E-state index contributed by atoms with van der Waals surface area (Å²) in [4.78, 5) is 45.4. The second-order valence-corrected chi connectivity index (χ2v) is 15.0. The summed E-state index contributed by atoms with van der Waals surface area (Å²) in [6.07, 6.45) is -28.8. The lowest BCUT2D eigenvalue weighted by Gasteiger charge is -2.50. The van der Waals surface area contributed by atoms with Crippen molar-refractivity contribution >= 4 is 23.9 Å². The highest BCUT2D eigenvalue weighted by Gasteiger charge is 2.57. The molecule has 0 aromatic rings. The van der Waals surface area contributed by atoms with Crippen LogP contribution in [0.15, 0.2) is 0 Å². The fraction of sp³-hybridized carbons (Fsp3) is 0.879. The molecule has 3 heterocycles. The Morgan fingerprint density at radius 3 is 1.48 bits per heavy atom. The first kappa shape index (κ1) is 44.4. The van der Waals surface area contributed by atoms with Crippen molar-refractivity contribution < 1.29 is 114 Å². The van der Waals surface area contributed by atoms with Gasteiger partial charge in [0.1, 0.15) is 87.1 Å². The van der Waals surface area contributed by atoms with Crippen LogP contribution in [0.4, 0.5) is 0 Å². The molecule has 5 rings (SSSR count). The van der Waals surface area contributed by atoms with Gasteiger partial charge in [0, 0.05) is 18.8 Å². The maximum Gasteiger partial charge on any atom is 0.317 e. The highest BCUT2D eigenvalue weighted by molar-refractivity contribution is 5.90. The SMILES string of the molecule is O=C(O)CC(=O)OC[C@H]1O[C@@H](OC2CC(O)CC3[OH+]C(C4CC(O)C(O)C(O)C4)C(O[C@@H]4O[C@H](COC(=O)CC(=O)O)[C@@H](O)[C@H](O)[C@H]4O)CC23)[C@H](O)[C@@H](O)[C@@H]1O. The molecule has 3 saturated heterocycles. The molecule has 8 unspecified atom stereocenters. The van der Waals surface area contributed by atoms with Gasteiger partial charge in [-0.25, -0.2) is 0 Å². The minimum atomic E-state index is -1.92. The molecule has 13 N–H and O–H groups in total. The van der Waals surface area contributed by atoms with Crippen molar-refractivity contribution in [3.8, 4) is 0 Å². The molecule has 2 saturated carbocycles. The highest BCUT2D eigenvalue weighted by atomic mass is 16.7. The molecule has 0 bridgehead atoms. The van der Waals surface area contributed by atoms with E-state index in [1.54, 1.807) is 0 Å². The Hall–Kier alpha value is -2.72. The zero-order chi connectivity index (χ0) is 41.2. The molecule has 320 valence electrons. The largest absolute Gasteiger partial charge is 0.481 e. The molecular formula is C33H51O23+. The minimum absolute atomic E-state index is 0.0326. The van der Waals surface area contributed by atoms with Gasteiger partial charge in [-0.05, 0) is 19.3 Å². The normalized spacial score (nSPS) is 45.6. The summed E-state index contributed by atoms with van der Waals surface area (Å²) in [5, 5.41) is 124. The van der Waals surface area contributed by atoms with Crippen molar-refractivity contribution in [1.82, 2.24) is 0 Å².